The lowest BCUT2D eigenvalue weighted by Gasteiger charge is -2.14. The summed E-state index contributed by atoms with van der Waals surface area (Å²) in [5, 5.41) is 2.82. The highest BCUT2D eigenvalue weighted by atomic mass is 16.5. The Balaban J connectivity index is 1.69. The van der Waals surface area contributed by atoms with Gasteiger partial charge in [-0.05, 0) is 37.5 Å². The van der Waals surface area contributed by atoms with E-state index in [1.807, 2.05) is 25.1 Å². The van der Waals surface area contributed by atoms with Crippen molar-refractivity contribution >= 4 is 11.9 Å². The van der Waals surface area contributed by atoms with Gasteiger partial charge in [-0.25, -0.2) is 9.78 Å². The van der Waals surface area contributed by atoms with Crippen LogP contribution >= 0.6 is 0 Å². The Morgan fingerprint density at radius 2 is 1.87 bits per heavy atom. The third kappa shape index (κ3) is 5.90. The van der Waals surface area contributed by atoms with E-state index in [4.69, 9.17) is 4.74 Å². The van der Waals surface area contributed by atoms with Crippen LogP contribution in [0, 0.1) is 0 Å². The van der Waals surface area contributed by atoms with Gasteiger partial charge >= 0.3 is 5.97 Å². The smallest absolute Gasteiger partial charge is 0.357 e. The number of hydrogen-bond donors (Lipinski definition) is 1. The number of amides is 1. The van der Waals surface area contributed by atoms with Crippen molar-refractivity contribution in [1.29, 1.82) is 0 Å². The number of esters is 1. The van der Waals surface area contributed by atoms with Crippen LogP contribution in [0.25, 0.3) is 0 Å². The molecule has 0 fully saturated rings. The molecule has 23 heavy (non-hydrogen) atoms. The van der Waals surface area contributed by atoms with Crippen molar-refractivity contribution in [1.82, 2.24) is 10.3 Å². The van der Waals surface area contributed by atoms with Gasteiger partial charge in [-0.1, -0.05) is 36.4 Å². The lowest BCUT2D eigenvalue weighted by atomic mass is 10.1. The molecule has 1 N–H and O–H groups in total. The van der Waals surface area contributed by atoms with E-state index in [1.165, 1.54) is 11.8 Å². The number of aromatic nitrogens is 1. The normalized spacial score (nSPS) is 11.5. The van der Waals surface area contributed by atoms with E-state index in [-0.39, 0.29) is 24.2 Å². The summed E-state index contributed by atoms with van der Waals surface area (Å²) in [4.78, 5) is 27.3. The van der Waals surface area contributed by atoms with E-state index < -0.39 is 5.97 Å². The summed E-state index contributed by atoms with van der Waals surface area (Å²) in [6, 6.07) is 15.0. The lowest BCUT2D eigenvalue weighted by molar-refractivity contribution is -0.124. The van der Waals surface area contributed by atoms with Gasteiger partial charge < -0.3 is 10.1 Å². The largest absolute Gasteiger partial charge is 0.451 e. The summed E-state index contributed by atoms with van der Waals surface area (Å²) >= 11 is 0. The van der Waals surface area contributed by atoms with E-state index in [0.717, 1.165) is 12.8 Å². The SMILES string of the molecule is C[C@@H](CCc1ccccc1)NC(=O)COC(=O)c1ccccn1. The summed E-state index contributed by atoms with van der Waals surface area (Å²) in [6.45, 7) is 1.63. The highest BCUT2D eigenvalue weighted by molar-refractivity contribution is 5.89. The maximum Gasteiger partial charge on any atom is 0.357 e. The molecular formula is C18H20N2O3. The quantitative estimate of drug-likeness (QED) is 0.797. The maximum absolute atomic E-state index is 11.8. The van der Waals surface area contributed by atoms with Gasteiger partial charge in [0, 0.05) is 12.2 Å². The monoisotopic (exact) mass is 312 g/mol. The fourth-order valence-electron chi connectivity index (χ4n) is 2.11. The molecule has 1 aromatic carbocycles. The molecule has 0 saturated heterocycles. The van der Waals surface area contributed by atoms with Crippen molar-refractivity contribution in [3.63, 3.8) is 0 Å². The van der Waals surface area contributed by atoms with E-state index in [9.17, 15) is 9.59 Å². The molecule has 0 unspecified atom stereocenters. The molecule has 0 bridgehead atoms. The minimum absolute atomic E-state index is 0.0104. The molecule has 1 aromatic heterocycles. The van der Waals surface area contributed by atoms with Gasteiger partial charge in [-0.3, -0.25) is 4.79 Å². The molecule has 2 rings (SSSR count). The fraction of sp³-hybridized carbons (Fsp3) is 0.278. The molecule has 1 atom stereocenters. The molecule has 1 heterocycles. The van der Waals surface area contributed by atoms with E-state index in [2.05, 4.69) is 22.4 Å². The van der Waals surface area contributed by atoms with Gasteiger partial charge in [-0.15, -0.1) is 0 Å². The zero-order valence-electron chi connectivity index (χ0n) is 13.1. The van der Waals surface area contributed by atoms with Gasteiger partial charge in [0.1, 0.15) is 5.69 Å². The standard InChI is InChI=1S/C18H20N2O3/c1-14(10-11-15-7-3-2-4-8-15)20-17(21)13-23-18(22)16-9-5-6-12-19-16/h2-9,12,14H,10-11,13H2,1H3,(H,20,21)/t14-/m0/s1. The van der Waals surface area contributed by atoms with Crippen LogP contribution in [-0.4, -0.2) is 29.5 Å². The third-order valence-corrected chi connectivity index (χ3v) is 3.32. The number of benzene rings is 1. The van der Waals surface area contributed by atoms with Gasteiger partial charge in [0.25, 0.3) is 5.91 Å². The molecule has 1 amide bonds. The minimum atomic E-state index is -0.599. The van der Waals surface area contributed by atoms with Crippen LogP contribution < -0.4 is 5.32 Å². The number of hydrogen-bond acceptors (Lipinski definition) is 4. The van der Waals surface area contributed by atoms with Crippen molar-refractivity contribution in [2.24, 2.45) is 0 Å². The van der Waals surface area contributed by atoms with Crippen molar-refractivity contribution in [2.75, 3.05) is 6.61 Å². The van der Waals surface area contributed by atoms with Crippen LogP contribution in [-0.2, 0) is 16.0 Å². The van der Waals surface area contributed by atoms with Crippen LogP contribution in [0.1, 0.15) is 29.4 Å². The molecule has 0 radical (unpaired) electrons. The second-order valence-corrected chi connectivity index (χ2v) is 5.28. The molecule has 0 aliphatic rings. The molecule has 120 valence electrons. The first kappa shape index (κ1) is 16.7. The number of aryl methyl sites for hydroxylation is 1. The Hall–Kier alpha value is -2.69. The summed E-state index contributed by atoms with van der Waals surface area (Å²) in [5.41, 5.74) is 1.42. The lowest BCUT2D eigenvalue weighted by Crippen LogP contribution is -2.36. The van der Waals surface area contributed by atoms with Crippen LogP contribution in [0.4, 0.5) is 0 Å². The second kappa shape index (κ2) is 8.68. The van der Waals surface area contributed by atoms with E-state index in [1.54, 1.807) is 18.2 Å². The molecule has 2 aromatic rings. The van der Waals surface area contributed by atoms with Crippen molar-refractivity contribution in [3.05, 3.63) is 66.0 Å². The van der Waals surface area contributed by atoms with Crippen LogP contribution in [0.5, 0.6) is 0 Å². The average Bonchev–Trinajstić information content (AvgIpc) is 2.59. The van der Waals surface area contributed by atoms with Crippen molar-refractivity contribution in [3.8, 4) is 0 Å². The first-order valence-corrected chi connectivity index (χ1v) is 7.56. The Kier molecular flexibility index (Phi) is 6.29. The van der Waals surface area contributed by atoms with Gasteiger partial charge in [0.2, 0.25) is 0 Å². The van der Waals surface area contributed by atoms with Crippen LogP contribution in [0.15, 0.2) is 54.7 Å². The number of nitrogens with zero attached hydrogens (tertiary/aromatic N) is 1. The minimum Gasteiger partial charge on any atom is -0.451 e. The van der Waals surface area contributed by atoms with Crippen LogP contribution in [0.2, 0.25) is 0 Å². The first-order valence-electron chi connectivity index (χ1n) is 7.56. The molecule has 0 aliphatic carbocycles. The van der Waals surface area contributed by atoms with E-state index >= 15 is 0 Å². The fourth-order valence-corrected chi connectivity index (χ4v) is 2.11. The second-order valence-electron chi connectivity index (χ2n) is 5.28. The molecule has 0 saturated carbocycles. The number of nitrogens with one attached hydrogen (secondary N) is 1. The predicted molar refractivity (Wildman–Crippen MR) is 86.9 cm³/mol. The van der Waals surface area contributed by atoms with Gasteiger partial charge in [0.05, 0.1) is 0 Å². The molecular weight excluding hydrogens is 292 g/mol. The van der Waals surface area contributed by atoms with Gasteiger partial charge in [-0.2, -0.15) is 0 Å². The molecule has 5 heteroatoms. The highest BCUT2D eigenvalue weighted by Crippen LogP contribution is 2.04. The summed E-state index contributed by atoms with van der Waals surface area (Å²) in [6.07, 6.45) is 3.21. The average molecular weight is 312 g/mol. The number of carbonyl (C=O) groups is 2. The Morgan fingerprint density at radius 3 is 2.57 bits per heavy atom. The van der Waals surface area contributed by atoms with Crippen LogP contribution in [0.3, 0.4) is 0 Å². The number of rotatable bonds is 7. The highest BCUT2D eigenvalue weighted by Gasteiger charge is 2.12. The number of pyridine rings is 1. The molecule has 0 spiro atoms. The van der Waals surface area contributed by atoms with Crippen molar-refractivity contribution < 1.29 is 14.3 Å². The maximum atomic E-state index is 11.8. The number of ether oxygens (including phenoxy) is 1. The Morgan fingerprint density at radius 1 is 1.13 bits per heavy atom. The zero-order valence-corrected chi connectivity index (χ0v) is 13.1. The van der Waals surface area contributed by atoms with Crippen molar-refractivity contribution in [2.45, 2.75) is 25.8 Å². The number of carbonyl (C=O) groups excluding carboxylic acids is 2. The molecule has 5 nitrogen and oxygen atoms in total. The Bertz CT molecular complexity index is 629. The predicted octanol–water partition coefficient (Wildman–Crippen LogP) is 2.38. The first-order chi connectivity index (χ1) is 11.1. The Labute approximate surface area is 135 Å². The summed E-state index contributed by atoms with van der Waals surface area (Å²) < 4.78 is 4.94. The summed E-state index contributed by atoms with van der Waals surface area (Å²) in [7, 11) is 0. The van der Waals surface area contributed by atoms with Gasteiger partial charge in [0.15, 0.2) is 6.61 Å². The third-order valence-electron chi connectivity index (χ3n) is 3.32. The zero-order chi connectivity index (χ0) is 16.5. The molecule has 0 aliphatic heterocycles. The topological polar surface area (TPSA) is 68.3 Å². The summed E-state index contributed by atoms with van der Waals surface area (Å²) in [5.74, 6) is -0.910. The van der Waals surface area contributed by atoms with E-state index in [0.29, 0.717) is 0 Å².